The molecule has 7 nitrogen and oxygen atoms in total. The molecule has 0 rings (SSSR count). The van der Waals surface area contributed by atoms with Crippen LogP contribution in [-0.4, -0.2) is 58.8 Å². The number of quaternary nitrogens is 1. The molecule has 0 spiro atoms. The zero-order valence-electron chi connectivity index (χ0n) is 21.3. The predicted octanol–water partition coefficient (Wildman–Crippen LogP) is 4.11. The van der Waals surface area contributed by atoms with Crippen LogP contribution in [0.2, 0.25) is 0 Å². The fourth-order valence-electron chi connectivity index (χ4n) is 4.45. The van der Waals surface area contributed by atoms with Crippen LogP contribution in [0.1, 0.15) is 91.9 Å². The Labute approximate surface area is 200 Å². The highest BCUT2D eigenvalue weighted by atomic mass is 16.4. The fourth-order valence-corrected chi connectivity index (χ4v) is 4.45. The van der Waals surface area contributed by atoms with Crippen molar-refractivity contribution in [3.8, 4) is 0 Å². The summed E-state index contributed by atoms with van der Waals surface area (Å²) < 4.78 is 0.137. The number of hydrogen-bond acceptors (Lipinski definition) is 4. The van der Waals surface area contributed by atoms with Gasteiger partial charge in [0.1, 0.15) is 11.8 Å². The van der Waals surface area contributed by atoms with E-state index in [4.69, 9.17) is 0 Å². The van der Waals surface area contributed by atoms with Crippen LogP contribution in [0.3, 0.4) is 0 Å². The van der Waals surface area contributed by atoms with Crippen molar-refractivity contribution in [2.45, 2.75) is 91.9 Å². The van der Waals surface area contributed by atoms with Gasteiger partial charge in [-0.15, -0.1) is 0 Å². The summed E-state index contributed by atoms with van der Waals surface area (Å²) in [6.45, 7) is 7.97. The number of allylic oxidation sites excluding steroid dienone is 1. The lowest BCUT2D eigenvalue weighted by Gasteiger charge is -2.42. The van der Waals surface area contributed by atoms with E-state index < -0.39 is 35.7 Å². The number of hydrogen-bond donors (Lipinski definition) is 2. The third kappa shape index (κ3) is 14.8. The van der Waals surface area contributed by atoms with Gasteiger partial charge in [0.15, 0.2) is 0 Å². The van der Waals surface area contributed by atoms with Crippen LogP contribution in [0.5, 0.6) is 0 Å². The Morgan fingerprint density at radius 3 is 1.61 bits per heavy atom. The van der Waals surface area contributed by atoms with E-state index in [0.717, 1.165) is 12.8 Å². The Hall–Kier alpha value is -1.89. The standard InChI is InChI=1S/C26H47NO6/c1-5-6-7-8-9-10-11-12-13-14-15-16-17-27(18-21(2)24(28)29,19-22(3)25(30)31)20-23(4)26(32)33/h14-15,21-23H,5-13,16-20H2,1-4H3,(H2-,28,29,30,31,32,33)/b15-14+. The molecule has 0 aliphatic rings. The van der Waals surface area contributed by atoms with Crippen molar-refractivity contribution in [3.05, 3.63) is 12.2 Å². The fraction of sp³-hybridized carbons (Fsp3) is 0.808. The summed E-state index contributed by atoms with van der Waals surface area (Å²) in [7, 11) is 0. The SMILES string of the molecule is CCCCCCCCCC/C=C/CC[N+](CC(C)C(=O)[O-])(CC(C)C(=O)O)CC(C)C(=O)O. The minimum atomic E-state index is -1.20. The second-order valence-electron chi connectivity index (χ2n) is 9.84. The molecule has 0 amide bonds. The summed E-state index contributed by atoms with van der Waals surface area (Å²) in [5.41, 5.74) is 0. The van der Waals surface area contributed by atoms with Crippen LogP contribution >= 0.6 is 0 Å². The number of carboxylic acids is 3. The Morgan fingerprint density at radius 2 is 1.15 bits per heavy atom. The second kappa shape index (κ2) is 17.6. The lowest BCUT2D eigenvalue weighted by Crippen LogP contribution is -2.58. The molecular formula is C26H47NO6. The maximum atomic E-state index is 11.5. The van der Waals surface area contributed by atoms with Crippen LogP contribution in [0.4, 0.5) is 0 Å². The van der Waals surface area contributed by atoms with E-state index in [1.807, 2.05) is 0 Å². The summed E-state index contributed by atoms with van der Waals surface area (Å²) in [4.78, 5) is 34.5. The summed E-state index contributed by atoms with van der Waals surface area (Å²) in [6, 6.07) is 0. The molecule has 7 heteroatoms. The molecule has 0 aromatic carbocycles. The number of carboxylic acid groups (broad SMARTS) is 3. The van der Waals surface area contributed by atoms with Gasteiger partial charge < -0.3 is 24.6 Å². The molecule has 33 heavy (non-hydrogen) atoms. The highest BCUT2D eigenvalue weighted by molar-refractivity contribution is 5.70. The van der Waals surface area contributed by atoms with Gasteiger partial charge in [-0.3, -0.25) is 9.59 Å². The van der Waals surface area contributed by atoms with Crippen LogP contribution in [0.15, 0.2) is 12.2 Å². The van der Waals surface area contributed by atoms with Crippen molar-refractivity contribution in [2.24, 2.45) is 17.8 Å². The first kappa shape index (κ1) is 31.1. The zero-order valence-corrected chi connectivity index (χ0v) is 21.3. The number of carbonyl (C=O) groups is 3. The van der Waals surface area contributed by atoms with Gasteiger partial charge in [-0.05, 0) is 26.7 Å². The molecule has 0 aromatic heterocycles. The van der Waals surface area contributed by atoms with E-state index in [9.17, 15) is 29.7 Å². The van der Waals surface area contributed by atoms with E-state index >= 15 is 0 Å². The van der Waals surface area contributed by atoms with E-state index in [2.05, 4.69) is 19.1 Å². The molecule has 0 aromatic rings. The van der Waals surface area contributed by atoms with E-state index in [-0.39, 0.29) is 24.1 Å². The van der Waals surface area contributed by atoms with Crippen molar-refractivity contribution in [3.63, 3.8) is 0 Å². The molecule has 2 N–H and O–H groups in total. The highest BCUT2D eigenvalue weighted by Gasteiger charge is 2.36. The van der Waals surface area contributed by atoms with Crippen LogP contribution in [0, 0.1) is 17.8 Å². The smallest absolute Gasteiger partial charge is 0.311 e. The predicted molar refractivity (Wildman–Crippen MR) is 128 cm³/mol. The molecule has 0 radical (unpaired) electrons. The highest BCUT2D eigenvalue weighted by Crippen LogP contribution is 2.21. The number of nitrogens with zero attached hydrogens (tertiary/aromatic N) is 1. The molecule has 3 unspecified atom stereocenters. The van der Waals surface area contributed by atoms with E-state index in [0.29, 0.717) is 13.0 Å². The van der Waals surface area contributed by atoms with Crippen molar-refractivity contribution < 1.29 is 34.2 Å². The van der Waals surface area contributed by atoms with Crippen molar-refractivity contribution in [1.82, 2.24) is 0 Å². The minimum absolute atomic E-state index is 0.137. The van der Waals surface area contributed by atoms with Gasteiger partial charge in [0, 0.05) is 18.3 Å². The van der Waals surface area contributed by atoms with Gasteiger partial charge >= 0.3 is 11.9 Å². The summed E-state index contributed by atoms with van der Waals surface area (Å²) >= 11 is 0. The van der Waals surface area contributed by atoms with Crippen LogP contribution < -0.4 is 5.11 Å². The zero-order chi connectivity index (χ0) is 25.3. The maximum absolute atomic E-state index is 11.5. The van der Waals surface area contributed by atoms with Gasteiger partial charge in [0.05, 0.1) is 26.2 Å². The van der Waals surface area contributed by atoms with Gasteiger partial charge in [0.2, 0.25) is 0 Å². The second-order valence-corrected chi connectivity index (χ2v) is 9.84. The molecule has 0 aliphatic heterocycles. The summed E-state index contributed by atoms with van der Waals surface area (Å²) in [6.07, 6.45) is 16.0. The topological polar surface area (TPSA) is 115 Å². The molecule has 0 heterocycles. The van der Waals surface area contributed by atoms with Gasteiger partial charge in [0.25, 0.3) is 0 Å². The van der Waals surface area contributed by atoms with Crippen molar-refractivity contribution in [2.75, 3.05) is 26.2 Å². The average Bonchev–Trinajstić information content (AvgIpc) is 2.74. The monoisotopic (exact) mass is 469 g/mol. The lowest BCUT2D eigenvalue weighted by atomic mass is 10.0. The average molecular weight is 470 g/mol. The van der Waals surface area contributed by atoms with Gasteiger partial charge in [-0.2, -0.15) is 0 Å². The number of unbranched alkanes of at least 4 members (excludes halogenated alkanes) is 8. The molecular weight excluding hydrogens is 422 g/mol. The third-order valence-corrected chi connectivity index (χ3v) is 6.39. The minimum Gasteiger partial charge on any atom is -0.550 e. The lowest BCUT2D eigenvalue weighted by molar-refractivity contribution is -0.934. The normalized spacial score (nSPS) is 16.2. The molecule has 3 atom stereocenters. The Morgan fingerprint density at radius 1 is 0.727 bits per heavy atom. The van der Waals surface area contributed by atoms with E-state index in [1.54, 1.807) is 13.8 Å². The third-order valence-electron chi connectivity index (χ3n) is 6.39. The maximum Gasteiger partial charge on any atom is 0.311 e. The Bertz CT molecular complexity index is 549. The van der Waals surface area contributed by atoms with Crippen molar-refractivity contribution in [1.29, 1.82) is 0 Å². The van der Waals surface area contributed by atoms with E-state index in [1.165, 1.54) is 51.9 Å². The number of carbonyl (C=O) groups excluding carboxylic acids is 1. The van der Waals surface area contributed by atoms with Gasteiger partial charge in [-0.1, -0.05) is 70.9 Å². The largest absolute Gasteiger partial charge is 0.550 e. The summed E-state index contributed by atoms with van der Waals surface area (Å²) in [5.74, 6) is -5.34. The molecule has 0 bridgehead atoms. The first-order valence-corrected chi connectivity index (χ1v) is 12.7. The van der Waals surface area contributed by atoms with Crippen molar-refractivity contribution >= 4 is 17.9 Å². The number of rotatable bonds is 21. The van der Waals surface area contributed by atoms with Crippen LogP contribution in [0.25, 0.3) is 0 Å². The van der Waals surface area contributed by atoms with Crippen LogP contribution in [-0.2, 0) is 14.4 Å². The summed E-state index contributed by atoms with van der Waals surface area (Å²) in [5, 5.41) is 30.3. The molecule has 0 saturated heterocycles. The molecule has 0 aliphatic carbocycles. The quantitative estimate of drug-likeness (QED) is 0.149. The molecule has 0 fully saturated rings. The first-order chi connectivity index (χ1) is 15.5. The van der Waals surface area contributed by atoms with Gasteiger partial charge in [-0.25, -0.2) is 0 Å². The molecule has 192 valence electrons. The Balaban J connectivity index is 4.94. The Kier molecular flexibility index (Phi) is 16.6. The first-order valence-electron chi connectivity index (χ1n) is 12.7. The number of aliphatic carboxylic acids is 3. The molecule has 0 saturated carbocycles.